The number of likely N-dealkylation sites (N-methyl/N-ethyl adjacent to an activating group) is 2. The van der Waals surface area contributed by atoms with Crippen molar-refractivity contribution >= 4 is 17.7 Å². The second-order valence-corrected chi connectivity index (χ2v) is 6.44. The average Bonchev–Trinajstić information content (AvgIpc) is 2.76. The quantitative estimate of drug-likeness (QED) is 0.360. The van der Waals surface area contributed by atoms with Crippen LogP contribution >= 0.6 is 0 Å². The molecule has 2 rings (SSSR count). The van der Waals surface area contributed by atoms with Crippen molar-refractivity contribution in [1.82, 2.24) is 15.7 Å². The lowest BCUT2D eigenvalue weighted by atomic mass is 9.96. The van der Waals surface area contributed by atoms with E-state index in [-0.39, 0.29) is 11.3 Å². The highest BCUT2D eigenvalue weighted by Gasteiger charge is 2.47. The van der Waals surface area contributed by atoms with Gasteiger partial charge in [-0.25, -0.2) is 5.48 Å². The highest BCUT2D eigenvalue weighted by Crippen LogP contribution is 2.25. The minimum atomic E-state index is -2.91. The summed E-state index contributed by atoms with van der Waals surface area (Å²) in [7, 11) is 2.57. The van der Waals surface area contributed by atoms with Crippen LogP contribution in [0.1, 0.15) is 17.3 Å². The predicted molar refractivity (Wildman–Crippen MR) is 103 cm³/mol. The normalized spacial score (nSPS) is 12.6. The third kappa shape index (κ3) is 4.54. The fourth-order valence-corrected chi connectivity index (χ4v) is 2.79. The molecule has 0 spiro atoms. The average molecular weight is 421 g/mol. The molecular formula is C20H21F2N3O5. The highest BCUT2D eigenvalue weighted by molar-refractivity contribution is 6.12. The van der Waals surface area contributed by atoms with E-state index in [9.17, 15) is 23.2 Å². The molecule has 0 heterocycles. The molecule has 0 aliphatic heterocycles. The topological polar surface area (TPSA) is 108 Å². The van der Waals surface area contributed by atoms with E-state index in [1.54, 1.807) is 24.3 Å². The smallest absolute Gasteiger partial charge is 0.387 e. The molecule has 3 amide bonds. The van der Waals surface area contributed by atoms with Crippen LogP contribution < -0.4 is 15.5 Å². The van der Waals surface area contributed by atoms with Crippen molar-refractivity contribution in [2.24, 2.45) is 0 Å². The number of hydrogen-bond donors (Lipinski definition) is 3. The molecule has 8 nitrogen and oxygen atoms in total. The SMILES string of the molecule is CNC(=O)[C@@](C)(C(=O)NO)N(C)C(=O)c1ccc(-c2ccc(OC(F)F)cc2)cc1. The second-order valence-electron chi connectivity index (χ2n) is 6.44. The molecule has 0 aliphatic rings. The van der Waals surface area contributed by atoms with E-state index >= 15 is 0 Å². The zero-order valence-electron chi connectivity index (χ0n) is 16.5. The van der Waals surface area contributed by atoms with E-state index in [0.717, 1.165) is 4.90 Å². The summed E-state index contributed by atoms with van der Waals surface area (Å²) in [6.07, 6.45) is 0. The Labute approximate surface area is 171 Å². The van der Waals surface area contributed by atoms with Crippen LogP contribution in [0.2, 0.25) is 0 Å². The van der Waals surface area contributed by atoms with E-state index in [0.29, 0.717) is 11.1 Å². The number of ether oxygens (including phenoxy) is 1. The van der Waals surface area contributed by atoms with Gasteiger partial charge in [0.05, 0.1) is 0 Å². The van der Waals surface area contributed by atoms with E-state index < -0.39 is 29.9 Å². The van der Waals surface area contributed by atoms with Crippen LogP contribution in [0, 0.1) is 0 Å². The summed E-state index contributed by atoms with van der Waals surface area (Å²) in [6.45, 7) is -1.71. The lowest BCUT2D eigenvalue weighted by molar-refractivity contribution is -0.148. The zero-order valence-corrected chi connectivity index (χ0v) is 16.5. The molecular weight excluding hydrogens is 400 g/mol. The molecule has 0 unspecified atom stereocenters. The number of hydroxylamine groups is 1. The molecule has 0 fully saturated rings. The number of rotatable bonds is 7. The van der Waals surface area contributed by atoms with Crippen molar-refractivity contribution in [3.63, 3.8) is 0 Å². The maximum atomic E-state index is 12.8. The summed E-state index contributed by atoms with van der Waals surface area (Å²) in [5.74, 6) is -2.46. The Hall–Kier alpha value is -3.53. The summed E-state index contributed by atoms with van der Waals surface area (Å²) in [5, 5.41) is 11.3. The first-order valence-electron chi connectivity index (χ1n) is 8.75. The first-order chi connectivity index (χ1) is 14.1. The molecule has 0 radical (unpaired) electrons. The van der Waals surface area contributed by atoms with Gasteiger partial charge in [-0.3, -0.25) is 19.6 Å². The summed E-state index contributed by atoms with van der Waals surface area (Å²) >= 11 is 0. The number of carbonyl (C=O) groups excluding carboxylic acids is 3. The van der Waals surface area contributed by atoms with Gasteiger partial charge < -0.3 is 15.0 Å². The predicted octanol–water partition coefficient (Wildman–Crippen LogP) is 2.04. The van der Waals surface area contributed by atoms with E-state index in [1.165, 1.54) is 50.8 Å². The van der Waals surface area contributed by atoms with Gasteiger partial charge in [-0.1, -0.05) is 24.3 Å². The fraction of sp³-hybridized carbons (Fsp3) is 0.250. The Bertz CT molecular complexity index is 901. The monoisotopic (exact) mass is 421 g/mol. The van der Waals surface area contributed by atoms with Crippen LogP contribution in [0.4, 0.5) is 8.78 Å². The van der Waals surface area contributed by atoms with Crippen molar-refractivity contribution in [3.05, 3.63) is 54.1 Å². The number of benzene rings is 2. The maximum absolute atomic E-state index is 12.8. The third-order valence-electron chi connectivity index (χ3n) is 4.73. The third-order valence-corrected chi connectivity index (χ3v) is 4.73. The summed E-state index contributed by atoms with van der Waals surface area (Å²) < 4.78 is 28.8. The van der Waals surface area contributed by atoms with Crippen molar-refractivity contribution in [3.8, 4) is 16.9 Å². The number of carbonyl (C=O) groups is 3. The molecule has 30 heavy (non-hydrogen) atoms. The lowest BCUT2D eigenvalue weighted by Gasteiger charge is -2.34. The molecule has 2 aromatic carbocycles. The molecule has 3 N–H and O–H groups in total. The minimum Gasteiger partial charge on any atom is -0.435 e. The van der Waals surface area contributed by atoms with Crippen molar-refractivity contribution in [1.29, 1.82) is 0 Å². The van der Waals surface area contributed by atoms with Gasteiger partial charge in [0.2, 0.25) is 0 Å². The highest BCUT2D eigenvalue weighted by atomic mass is 19.3. The van der Waals surface area contributed by atoms with Crippen molar-refractivity contribution in [2.45, 2.75) is 19.1 Å². The Balaban J connectivity index is 2.25. The van der Waals surface area contributed by atoms with Gasteiger partial charge in [0.15, 0.2) is 5.54 Å². The number of nitrogens with one attached hydrogen (secondary N) is 2. The summed E-state index contributed by atoms with van der Waals surface area (Å²) in [6, 6.07) is 12.2. The number of halogens is 2. The molecule has 0 saturated carbocycles. The molecule has 160 valence electrons. The van der Waals surface area contributed by atoms with E-state index in [4.69, 9.17) is 5.21 Å². The van der Waals surface area contributed by atoms with Gasteiger partial charge in [0.1, 0.15) is 5.75 Å². The molecule has 1 atom stereocenters. The second kappa shape index (κ2) is 9.31. The van der Waals surface area contributed by atoms with Gasteiger partial charge in [0.25, 0.3) is 17.7 Å². The van der Waals surface area contributed by atoms with E-state index in [2.05, 4.69) is 10.1 Å². The Morgan fingerprint density at radius 2 is 1.50 bits per heavy atom. The minimum absolute atomic E-state index is 0.0258. The Morgan fingerprint density at radius 3 is 1.93 bits per heavy atom. The summed E-state index contributed by atoms with van der Waals surface area (Å²) in [5.41, 5.74) is 1.03. The van der Waals surface area contributed by atoms with Crippen molar-refractivity contribution in [2.75, 3.05) is 14.1 Å². The first-order valence-corrected chi connectivity index (χ1v) is 8.75. The van der Waals surface area contributed by atoms with Crippen molar-refractivity contribution < 1.29 is 33.1 Å². The zero-order chi connectivity index (χ0) is 22.5. The van der Waals surface area contributed by atoms with Crippen LogP contribution in [-0.4, -0.2) is 54.1 Å². The van der Waals surface area contributed by atoms with Gasteiger partial charge >= 0.3 is 6.61 Å². The summed E-state index contributed by atoms with van der Waals surface area (Å²) in [4.78, 5) is 38.0. The molecule has 0 aromatic heterocycles. The maximum Gasteiger partial charge on any atom is 0.387 e. The van der Waals surface area contributed by atoms with Gasteiger partial charge in [-0.05, 0) is 42.3 Å². The van der Waals surface area contributed by atoms with Crippen LogP contribution in [0.3, 0.4) is 0 Å². The van der Waals surface area contributed by atoms with Crippen LogP contribution in [0.5, 0.6) is 5.75 Å². The lowest BCUT2D eigenvalue weighted by Crippen LogP contribution is -2.64. The number of nitrogens with zero attached hydrogens (tertiary/aromatic N) is 1. The number of amides is 3. The van der Waals surface area contributed by atoms with Crippen LogP contribution in [0.25, 0.3) is 11.1 Å². The molecule has 0 aliphatic carbocycles. The number of alkyl halides is 2. The Morgan fingerprint density at radius 1 is 1.00 bits per heavy atom. The van der Waals surface area contributed by atoms with Gasteiger partial charge in [0, 0.05) is 19.7 Å². The molecule has 0 bridgehead atoms. The fourth-order valence-electron chi connectivity index (χ4n) is 2.79. The Kier molecular flexibility index (Phi) is 7.06. The first kappa shape index (κ1) is 22.8. The molecule has 0 saturated heterocycles. The van der Waals surface area contributed by atoms with E-state index in [1.807, 2.05) is 0 Å². The molecule has 2 aromatic rings. The van der Waals surface area contributed by atoms with Gasteiger partial charge in [-0.15, -0.1) is 0 Å². The number of hydrogen-bond acceptors (Lipinski definition) is 5. The standard InChI is InChI=1S/C20H21F2N3O5/c1-20(17(27)23-2,18(28)24-29)25(3)16(26)14-6-4-12(5-7-14)13-8-10-15(11-9-13)30-19(21)22/h4-11,19,29H,1-3H3,(H,23,27)(H,24,28)/t20-/m0/s1. The van der Waals surface area contributed by atoms with Crippen LogP contribution in [0.15, 0.2) is 48.5 Å². The van der Waals surface area contributed by atoms with Crippen LogP contribution in [-0.2, 0) is 9.59 Å². The largest absolute Gasteiger partial charge is 0.435 e. The van der Waals surface area contributed by atoms with Gasteiger partial charge in [-0.2, -0.15) is 8.78 Å². The molecule has 10 heteroatoms.